The molecule has 1 atom stereocenters. The van der Waals surface area contributed by atoms with E-state index in [-0.39, 0.29) is 18.6 Å². The van der Waals surface area contributed by atoms with Crippen LogP contribution in [0, 0.1) is 11.8 Å². The molecule has 0 aliphatic carbocycles. The maximum atomic E-state index is 12.1. The molecule has 0 spiro atoms. The van der Waals surface area contributed by atoms with Gasteiger partial charge in [0.2, 0.25) is 0 Å². The highest BCUT2D eigenvalue weighted by molar-refractivity contribution is 7.07. The number of aliphatic hydroxyl groups is 1. The van der Waals surface area contributed by atoms with Gasteiger partial charge in [0.15, 0.2) is 0 Å². The van der Waals surface area contributed by atoms with Crippen molar-refractivity contribution in [2.24, 2.45) is 0 Å². The molecule has 0 aliphatic heterocycles. The molecule has 0 saturated heterocycles. The first-order valence-electron chi connectivity index (χ1n) is 6.56. The van der Waals surface area contributed by atoms with Gasteiger partial charge < -0.3 is 10.4 Å². The molecule has 0 aliphatic rings. The first-order valence-corrected chi connectivity index (χ1v) is 7.51. The number of carbonyl (C=O) groups is 1. The number of rotatable bonds is 4. The van der Waals surface area contributed by atoms with Gasteiger partial charge in [-0.05, 0) is 47.9 Å². The van der Waals surface area contributed by atoms with E-state index in [1.165, 1.54) is 11.8 Å². The molecule has 1 unspecified atom stereocenters. The average molecular weight is 300 g/mol. The van der Waals surface area contributed by atoms with Crippen LogP contribution in [0.3, 0.4) is 0 Å². The second kappa shape index (κ2) is 7.58. The summed E-state index contributed by atoms with van der Waals surface area (Å²) in [6, 6.07) is 5.45. The number of hydrogen-bond acceptors (Lipinski definition) is 4. The minimum Gasteiger partial charge on any atom is -0.384 e. The Kier molecular flexibility index (Phi) is 5.50. The second-order valence-corrected chi connectivity index (χ2v) is 5.38. The molecule has 0 bridgehead atoms. The fraction of sp³-hybridized carbons (Fsp3) is 0.250. The van der Waals surface area contributed by atoms with Crippen molar-refractivity contribution in [3.05, 3.63) is 52.0 Å². The normalized spacial score (nSPS) is 11.3. The van der Waals surface area contributed by atoms with Crippen molar-refractivity contribution in [1.82, 2.24) is 10.3 Å². The number of carbonyl (C=O) groups excluding carboxylic acids is 1. The number of hydrogen-bond donors (Lipinski definition) is 2. The Morgan fingerprint density at radius 1 is 1.48 bits per heavy atom. The number of nitrogens with one attached hydrogen (secondary N) is 1. The Hall–Kier alpha value is -2.16. The van der Waals surface area contributed by atoms with Gasteiger partial charge in [-0.2, -0.15) is 11.3 Å². The van der Waals surface area contributed by atoms with Crippen LogP contribution in [-0.4, -0.2) is 28.6 Å². The molecular weight excluding hydrogens is 284 g/mol. The van der Waals surface area contributed by atoms with E-state index in [1.54, 1.807) is 23.5 Å². The van der Waals surface area contributed by atoms with Crippen molar-refractivity contribution in [3.8, 4) is 11.8 Å². The number of nitrogens with zero attached hydrogens (tertiary/aromatic N) is 1. The molecule has 1 amide bonds. The first kappa shape index (κ1) is 15.2. The third-order valence-electron chi connectivity index (χ3n) is 2.81. The highest BCUT2D eigenvalue weighted by Crippen LogP contribution is 2.09. The van der Waals surface area contributed by atoms with Crippen molar-refractivity contribution in [2.75, 3.05) is 6.61 Å². The third kappa shape index (κ3) is 4.71. The molecule has 2 aromatic heterocycles. The topological polar surface area (TPSA) is 62.2 Å². The number of aliphatic hydroxyl groups excluding tert-OH is 1. The van der Waals surface area contributed by atoms with E-state index in [2.05, 4.69) is 33.6 Å². The summed E-state index contributed by atoms with van der Waals surface area (Å²) < 4.78 is 0. The predicted octanol–water partition coefficient (Wildman–Crippen LogP) is 1.85. The zero-order valence-corrected chi connectivity index (χ0v) is 12.5. The maximum Gasteiger partial charge on any atom is 0.270 e. The lowest BCUT2D eigenvalue weighted by Crippen LogP contribution is -2.34. The fourth-order valence-electron chi connectivity index (χ4n) is 1.85. The molecule has 0 aromatic carbocycles. The van der Waals surface area contributed by atoms with Gasteiger partial charge in [-0.3, -0.25) is 4.79 Å². The Balaban J connectivity index is 1.93. The van der Waals surface area contributed by atoms with E-state index >= 15 is 0 Å². The molecular formula is C16H16N2O2S. The van der Waals surface area contributed by atoms with Gasteiger partial charge in [0, 0.05) is 17.8 Å². The lowest BCUT2D eigenvalue weighted by Gasteiger charge is -2.12. The summed E-state index contributed by atoms with van der Waals surface area (Å²) >= 11 is 1.65. The van der Waals surface area contributed by atoms with Gasteiger partial charge in [0.05, 0.1) is 0 Å². The van der Waals surface area contributed by atoms with Crippen LogP contribution in [0.15, 0.2) is 35.2 Å². The van der Waals surface area contributed by atoms with Gasteiger partial charge >= 0.3 is 0 Å². The largest absolute Gasteiger partial charge is 0.384 e. The van der Waals surface area contributed by atoms with Crippen LogP contribution >= 0.6 is 11.3 Å². The van der Waals surface area contributed by atoms with E-state index in [9.17, 15) is 4.79 Å². The summed E-state index contributed by atoms with van der Waals surface area (Å²) in [5.74, 6) is 5.08. The summed E-state index contributed by atoms with van der Waals surface area (Å²) in [5.41, 5.74) is 2.25. The molecule has 0 radical (unpaired) electrons. The average Bonchev–Trinajstić information content (AvgIpc) is 2.98. The Labute approximate surface area is 127 Å². The highest BCUT2D eigenvalue weighted by Gasteiger charge is 2.11. The van der Waals surface area contributed by atoms with Crippen molar-refractivity contribution >= 4 is 17.2 Å². The Morgan fingerprint density at radius 2 is 2.33 bits per heavy atom. The smallest absolute Gasteiger partial charge is 0.270 e. The van der Waals surface area contributed by atoms with Crippen molar-refractivity contribution in [2.45, 2.75) is 19.4 Å². The summed E-state index contributed by atoms with van der Waals surface area (Å²) in [5, 5.41) is 15.6. The molecule has 0 fully saturated rings. The summed E-state index contributed by atoms with van der Waals surface area (Å²) in [6.07, 6.45) is 2.33. The highest BCUT2D eigenvalue weighted by atomic mass is 32.1. The zero-order valence-electron chi connectivity index (χ0n) is 11.7. The minimum atomic E-state index is -0.195. The molecule has 108 valence electrons. The van der Waals surface area contributed by atoms with Crippen molar-refractivity contribution < 1.29 is 9.90 Å². The van der Waals surface area contributed by atoms with Crippen LogP contribution in [0.2, 0.25) is 0 Å². The molecule has 4 nitrogen and oxygen atoms in total. The van der Waals surface area contributed by atoms with Crippen LogP contribution in [0.25, 0.3) is 0 Å². The van der Waals surface area contributed by atoms with Crippen LogP contribution in [0.4, 0.5) is 0 Å². The van der Waals surface area contributed by atoms with Crippen molar-refractivity contribution in [3.63, 3.8) is 0 Å². The molecule has 2 N–H and O–H groups in total. The van der Waals surface area contributed by atoms with Gasteiger partial charge in [0.1, 0.15) is 12.3 Å². The van der Waals surface area contributed by atoms with Gasteiger partial charge in [-0.1, -0.05) is 11.8 Å². The van der Waals surface area contributed by atoms with E-state index in [4.69, 9.17) is 5.11 Å². The minimum absolute atomic E-state index is 0.0442. The first-order chi connectivity index (χ1) is 10.2. The molecule has 5 heteroatoms. The van der Waals surface area contributed by atoms with E-state index in [0.717, 1.165) is 6.42 Å². The fourth-order valence-corrected chi connectivity index (χ4v) is 2.54. The summed E-state index contributed by atoms with van der Waals surface area (Å²) in [6.45, 7) is 1.78. The Morgan fingerprint density at radius 3 is 2.95 bits per heavy atom. The monoisotopic (exact) mass is 300 g/mol. The predicted molar refractivity (Wildman–Crippen MR) is 83.2 cm³/mol. The van der Waals surface area contributed by atoms with Crippen LogP contribution in [-0.2, 0) is 6.42 Å². The molecule has 2 heterocycles. The van der Waals surface area contributed by atoms with Crippen LogP contribution < -0.4 is 5.32 Å². The number of pyridine rings is 1. The molecule has 2 rings (SSSR count). The van der Waals surface area contributed by atoms with Crippen LogP contribution in [0.5, 0.6) is 0 Å². The Bertz CT molecular complexity index is 639. The third-order valence-corrected chi connectivity index (χ3v) is 3.54. The lowest BCUT2D eigenvalue weighted by atomic mass is 10.1. The van der Waals surface area contributed by atoms with Crippen molar-refractivity contribution in [1.29, 1.82) is 0 Å². The summed E-state index contributed by atoms with van der Waals surface area (Å²) in [4.78, 5) is 16.1. The van der Waals surface area contributed by atoms with E-state index < -0.39 is 0 Å². The summed E-state index contributed by atoms with van der Waals surface area (Å²) in [7, 11) is 0. The quantitative estimate of drug-likeness (QED) is 0.847. The standard InChI is InChI=1S/C16H16N2O2S/c1-12(9-14-6-8-21-11-14)18-16(20)15-5-4-13(10-17-15)3-2-7-19/h4-6,8,10-12,19H,7,9H2,1H3,(H,18,20). The second-order valence-electron chi connectivity index (χ2n) is 4.60. The number of thiophene rings is 1. The SMILES string of the molecule is CC(Cc1ccsc1)NC(=O)c1ccc(C#CCO)cn1. The van der Waals surface area contributed by atoms with Gasteiger partial charge in [-0.15, -0.1) is 0 Å². The van der Waals surface area contributed by atoms with Gasteiger partial charge in [-0.25, -0.2) is 4.98 Å². The zero-order chi connectivity index (χ0) is 15.1. The lowest BCUT2D eigenvalue weighted by molar-refractivity contribution is 0.0935. The van der Waals surface area contributed by atoms with E-state index in [1.807, 2.05) is 12.3 Å². The number of amides is 1. The maximum absolute atomic E-state index is 12.1. The number of aromatic nitrogens is 1. The molecule has 21 heavy (non-hydrogen) atoms. The molecule has 0 saturated carbocycles. The van der Waals surface area contributed by atoms with Crippen LogP contribution in [0.1, 0.15) is 28.5 Å². The van der Waals surface area contributed by atoms with E-state index in [0.29, 0.717) is 11.3 Å². The van der Waals surface area contributed by atoms with Gasteiger partial charge in [0.25, 0.3) is 5.91 Å². The molecule has 2 aromatic rings.